The van der Waals surface area contributed by atoms with Crippen molar-refractivity contribution in [1.82, 2.24) is 4.90 Å². The number of piperidine rings is 1. The van der Waals surface area contributed by atoms with E-state index in [9.17, 15) is 9.90 Å². The van der Waals surface area contributed by atoms with E-state index >= 15 is 0 Å². The van der Waals surface area contributed by atoms with Crippen LogP contribution in [0.15, 0.2) is 24.3 Å². The first-order chi connectivity index (χ1) is 10.1. The number of aliphatic hydroxyl groups excluding tert-OH is 1. The molecule has 0 unspecified atom stereocenters. The van der Waals surface area contributed by atoms with Gasteiger partial charge in [-0.2, -0.15) is 0 Å². The van der Waals surface area contributed by atoms with E-state index in [1.807, 2.05) is 0 Å². The molecule has 0 aromatic heterocycles. The molecule has 1 fully saturated rings. The third-order valence-corrected chi connectivity index (χ3v) is 3.79. The van der Waals surface area contributed by atoms with E-state index in [2.05, 4.69) is 4.90 Å². The van der Waals surface area contributed by atoms with Gasteiger partial charge >= 0.3 is 5.97 Å². The van der Waals surface area contributed by atoms with E-state index in [0.717, 1.165) is 44.5 Å². The summed E-state index contributed by atoms with van der Waals surface area (Å²) in [6.45, 7) is 4.15. The summed E-state index contributed by atoms with van der Waals surface area (Å²) in [4.78, 5) is 13.1. The quantitative estimate of drug-likeness (QED) is 0.750. The first kappa shape index (κ1) is 15.9. The molecule has 5 heteroatoms. The van der Waals surface area contributed by atoms with Crippen LogP contribution in [0.1, 0.15) is 35.2 Å². The summed E-state index contributed by atoms with van der Waals surface area (Å²) in [6, 6.07) is 6.77. The number of ether oxygens (including phenoxy) is 1. The number of benzene rings is 1. The third-order valence-electron chi connectivity index (χ3n) is 3.79. The maximum Gasteiger partial charge on any atom is 0.335 e. The number of rotatable bonds is 7. The second-order valence-corrected chi connectivity index (χ2v) is 5.48. The zero-order valence-corrected chi connectivity index (χ0v) is 12.2. The van der Waals surface area contributed by atoms with Crippen LogP contribution in [0.3, 0.4) is 0 Å². The Hall–Kier alpha value is -1.43. The number of carbonyl (C=O) groups is 1. The average molecular weight is 293 g/mol. The van der Waals surface area contributed by atoms with Crippen LogP contribution in [-0.2, 0) is 11.3 Å². The highest BCUT2D eigenvalue weighted by Gasteiger charge is 2.15. The van der Waals surface area contributed by atoms with E-state index in [4.69, 9.17) is 9.84 Å². The summed E-state index contributed by atoms with van der Waals surface area (Å²) in [5.41, 5.74) is 1.28. The van der Waals surface area contributed by atoms with E-state index in [1.54, 1.807) is 24.3 Å². The molecule has 5 nitrogen and oxygen atoms in total. The largest absolute Gasteiger partial charge is 0.478 e. The van der Waals surface area contributed by atoms with Crippen LogP contribution in [0, 0.1) is 0 Å². The molecule has 116 valence electrons. The van der Waals surface area contributed by atoms with Crippen molar-refractivity contribution >= 4 is 5.97 Å². The number of likely N-dealkylation sites (tertiary alicyclic amines) is 1. The van der Waals surface area contributed by atoms with Gasteiger partial charge in [-0.1, -0.05) is 12.1 Å². The van der Waals surface area contributed by atoms with Gasteiger partial charge in [0, 0.05) is 26.2 Å². The Kier molecular flexibility index (Phi) is 6.17. The van der Waals surface area contributed by atoms with Gasteiger partial charge in [0.05, 0.1) is 18.3 Å². The monoisotopic (exact) mass is 293 g/mol. The Morgan fingerprint density at radius 3 is 2.52 bits per heavy atom. The van der Waals surface area contributed by atoms with E-state index in [1.165, 1.54) is 0 Å². The Balaban J connectivity index is 1.58. The predicted molar refractivity (Wildman–Crippen MR) is 79.4 cm³/mol. The lowest BCUT2D eigenvalue weighted by atomic mass is 10.1. The Morgan fingerprint density at radius 1 is 1.24 bits per heavy atom. The molecule has 0 bridgehead atoms. The lowest BCUT2D eigenvalue weighted by molar-refractivity contribution is 0.0687. The molecule has 21 heavy (non-hydrogen) atoms. The molecule has 1 aliphatic rings. The molecule has 1 aromatic carbocycles. The van der Waals surface area contributed by atoms with Crippen molar-refractivity contribution in [1.29, 1.82) is 0 Å². The fraction of sp³-hybridized carbons (Fsp3) is 0.562. The summed E-state index contributed by atoms with van der Waals surface area (Å²) >= 11 is 0. The van der Waals surface area contributed by atoms with Crippen LogP contribution in [0.5, 0.6) is 0 Å². The number of carboxylic acid groups (broad SMARTS) is 1. The second kappa shape index (κ2) is 8.12. The van der Waals surface area contributed by atoms with Gasteiger partial charge in [0.15, 0.2) is 0 Å². The Bertz CT molecular complexity index is 438. The molecule has 0 amide bonds. The lowest BCUT2D eigenvalue weighted by Crippen LogP contribution is -2.36. The van der Waals surface area contributed by atoms with Crippen LogP contribution >= 0.6 is 0 Å². The zero-order chi connectivity index (χ0) is 15.1. The van der Waals surface area contributed by atoms with Crippen LogP contribution in [0.2, 0.25) is 0 Å². The number of carboxylic acids is 1. The minimum Gasteiger partial charge on any atom is -0.478 e. The van der Waals surface area contributed by atoms with Crippen LogP contribution in [-0.4, -0.2) is 53.4 Å². The second-order valence-electron chi connectivity index (χ2n) is 5.48. The smallest absolute Gasteiger partial charge is 0.335 e. The molecule has 2 rings (SSSR count). The van der Waals surface area contributed by atoms with Crippen molar-refractivity contribution in [2.45, 2.75) is 32.0 Å². The molecule has 1 aromatic rings. The molecule has 2 N–H and O–H groups in total. The van der Waals surface area contributed by atoms with Crippen molar-refractivity contribution in [3.05, 3.63) is 35.4 Å². The topological polar surface area (TPSA) is 70.0 Å². The number of hydrogen-bond acceptors (Lipinski definition) is 4. The highest BCUT2D eigenvalue weighted by molar-refractivity contribution is 5.87. The van der Waals surface area contributed by atoms with Gasteiger partial charge < -0.3 is 19.8 Å². The molecule has 0 radical (unpaired) electrons. The molecular formula is C16H23NO4. The van der Waals surface area contributed by atoms with E-state index < -0.39 is 5.97 Å². The predicted octanol–water partition coefficient (Wildman–Crippen LogP) is 1.75. The van der Waals surface area contributed by atoms with Crippen LogP contribution < -0.4 is 0 Å². The highest BCUT2D eigenvalue weighted by Crippen LogP contribution is 2.10. The lowest BCUT2D eigenvalue weighted by Gasteiger charge is -2.29. The SMILES string of the molecule is O=C(O)c1ccc(COCCCN2CCC(O)CC2)cc1. The molecule has 0 spiro atoms. The number of hydrogen-bond donors (Lipinski definition) is 2. The number of aromatic carboxylic acids is 1. The van der Waals surface area contributed by atoms with Gasteiger partial charge in [0.25, 0.3) is 0 Å². The van der Waals surface area contributed by atoms with Crippen LogP contribution in [0.25, 0.3) is 0 Å². The summed E-state index contributed by atoms with van der Waals surface area (Å²) in [6.07, 6.45) is 2.60. The Morgan fingerprint density at radius 2 is 1.90 bits per heavy atom. The molecule has 0 atom stereocenters. The highest BCUT2D eigenvalue weighted by atomic mass is 16.5. The van der Waals surface area contributed by atoms with Crippen molar-refractivity contribution in [3.63, 3.8) is 0 Å². The first-order valence-electron chi connectivity index (χ1n) is 7.45. The molecular weight excluding hydrogens is 270 g/mol. The van der Waals surface area contributed by atoms with Crippen molar-refractivity contribution in [2.24, 2.45) is 0 Å². The number of aliphatic hydroxyl groups is 1. The molecule has 1 aliphatic heterocycles. The standard InChI is InChI=1S/C16H23NO4/c18-15-6-9-17(10-7-15)8-1-11-21-12-13-2-4-14(5-3-13)16(19)20/h2-5,15,18H,1,6-12H2,(H,19,20). The van der Waals surface area contributed by atoms with E-state index in [0.29, 0.717) is 18.8 Å². The van der Waals surface area contributed by atoms with E-state index in [-0.39, 0.29) is 6.10 Å². The van der Waals surface area contributed by atoms with Crippen molar-refractivity contribution in [3.8, 4) is 0 Å². The first-order valence-corrected chi connectivity index (χ1v) is 7.45. The van der Waals surface area contributed by atoms with Crippen LogP contribution in [0.4, 0.5) is 0 Å². The summed E-state index contributed by atoms with van der Waals surface area (Å²) in [7, 11) is 0. The van der Waals surface area contributed by atoms with Crippen molar-refractivity contribution < 1.29 is 19.7 Å². The fourth-order valence-corrected chi connectivity index (χ4v) is 2.47. The Labute approximate surface area is 125 Å². The average Bonchev–Trinajstić information content (AvgIpc) is 2.49. The van der Waals surface area contributed by atoms with Gasteiger partial charge in [-0.05, 0) is 37.0 Å². The number of nitrogens with zero attached hydrogens (tertiary/aromatic N) is 1. The minimum absolute atomic E-state index is 0.119. The summed E-state index contributed by atoms with van der Waals surface area (Å²) < 4.78 is 5.61. The van der Waals surface area contributed by atoms with Gasteiger partial charge in [0.1, 0.15) is 0 Å². The van der Waals surface area contributed by atoms with Crippen molar-refractivity contribution in [2.75, 3.05) is 26.2 Å². The maximum absolute atomic E-state index is 10.7. The maximum atomic E-state index is 10.7. The third kappa shape index (κ3) is 5.46. The fourth-order valence-electron chi connectivity index (χ4n) is 2.47. The summed E-state index contributed by atoms with van der Waals surface area (Å²) in [5, 5.41) is 18.2. The molecule has 1 saturated heterocycles. The molecule has 0 saturated carbocycles. The van der Waals surface area contributed by atoms with Gasteiger partial charge in [0.2, 0.25) is 0 Å². The molecule has 1 heterocycles. The van der Waals surface area contributed by atoms with Gasteiger partial charge in [-0.3, -0.25) is 0 Å². The normalized spacial score (nSPS) is 17.0. The zero-order valence-electron chi connectivity index (χ0n) is 12.2. The molecule has 0 aliphatic carbocycles. The minimum atomic E-state index is -0.908. The van der Waals surface area contributed by atoms with Gasteiger partial charge in [-0.15, -0.1) is 0 Å². The summed E-state index contributed by atoms with van der Waals surface area (Å²) in [5.74, 6) is -0.908. The van der Waals surface area contributed by atoms with Gasteiger partial charge in [-0.25, -0.2) is 4.79 Å².